The summed E-state index contributed by atoms with van der Waals surface area (Å²) in [6.07, 6.45) is 0. The van der Waals surface area contributed by atoms with Gasteiger partial charge in [0.05, 0.1) is 27.2 Å². The molecule has 0 spiro atoms. The van der Waals surface area contributed by atoms with E-state index in [4.69, 9.17) is 39.5 Å². The van der Waals surface area contributed by atoms with Crippen molar-refractivity contribution in [3.05, 3.63) is 27.1 Å². The second kappa shape index (κ2) is 4.41. The van der Waals surface area contributed by atoms with Gasteiger partial charge in [-0.25, -0.2) is 0 Å². The van der Waals surface area contributed by atoms with Gasteiger partial charge in [-0.2, -0.15) is 0 Å². The Bertz CT molecular complexity index is 577. The standard InChI is InChI=1S/C10H5Cl3O2S/c1-15-5-3-2-4(11)8-6(5)7(12)9(16-8)10(13)14/h2-3H,1H3. The summed E-state index contributed by atoms with van der Waals surface area (Å²) in [5, 5.41) is 0.848. The van der Waals surface area contributed by atoms with Crippen LogP contribution >= 0.6 is 46.1 Å². The zero-order valence-electron chi connectivity index (χ0n) is 8.01. The van der Waals surface area contributed by atoms with Crippen molar-refractivity contribution in [3.63, 3.8) is 0 Å². The maximum atomic E-state index is 11.2. The summed E-state index contributed by atoms with van der Waals surface area (Å²) < 4.78 is 5.87. The van der Waals surface area contributed by atoms with Crippen molar-refractivity contribution in [1.82, 2.24) is 0 Å². The molecule has 0 unspecified atom stereocenters. The van der Waals surface area contributed by atoms with Crippen molar-refractivity contribution in [1.29, 1.82) is 0 Å². The molecule has 16 heavy (non-hydrogen) atoms. The number of benzene rings is 1. The van der Waals surface area contributed by atoms with Gasteiger partial charge in [-0.3, -0.25) is 4.79 Å². The average Bonchev–Trinajstić information content (AvgIpc) is 2.59. The van der Waals surface area contributed by atoms with Crippen LogP contribution in [-0.4, -0.2) is 12.4 Å². The number of carbonyl (C=O) groups excluding carboxylic acids is 1. The Kier molecular flexibility index (Phi) is 3.31. The van der Waals surface area contributed by atoms with Crippen LogP contribution in [0.5, 0.6) is 5.75 Å². The van der Waals surface area contributed by atoms with Crippen LogP contribution in [0, 0.1) is 0 Å². The van der Waals surface area contributed by atoms with Gasteiger partial charge in [-0.05, 0) is 23.7 Å². The molecule has 0 saturated carbocycles. The summed E-state index contributed by atoms with van der Waals surface area (Å²) in [7, 11) is 1.53. The second-order valence-corrected chi connectivity index (χ2v) is 5.12. The third-order valence-corrected chi connectivity index (χ3v) is 4.53. The normalized spacial score (nSPS) is 10.8. The first-order chi connectivity index (χ1) is 7.56. The quantitative estimate of drug-likeness (QED) is 0.757. The molecule has 1 heterocycles. The smallest absolute Gasteiger partial charge is 0.263 e. The minimum atomic E-state index is -0.593. The molecular weight excluding hydrogens is 291 g/mol. The van der Waals surface area contributed by atoms with E-state index in [1.807, 2.05) is 0 Å². The van der Waals surface area contributed by atoms with E-state index in [0.29, 0.717) is 25.9 Å². The number of thiophene rings is 1. The Hall–Kier alpha value is -0.480. The van der Waals surface area contributed by atoms with Crippen LogP contribution in [-0.2, 0) is 0 Å². The molecule has 1 aromatic heterocycles. The molecule has 0 atom stereocenters. The maximum Gasteiger partial charge on any atom is 0.263 e. The zero-order chi connectivity index (χ0) is 11.9. The van der Waals surface area contributed by atoms with E-state index < -0.39 is 5.24 Å². The van der Waals surface area contributed by atoms with Gasteiger partial charge in [0.2, 0.25) is 0 Å². The van der Waals surface area contributed by atoms with E-state index in [1.54, 1.807) is 12.1 Å². The summed E-state index contributed by atoms with van der Waals surface area (Å²) in [6.45, 7) is 0. The minimum absolute atomic E-state index is 0.282. The van der Waals surface area contributed by atoms with Crippen LogP contribution in [0.3, 0.4) is 0 Å². The molecule has 2 aromatic rings. The summed E-state index contributed by atoms with van der Waals surface area (Å²) >= 11 is 18.7. The van der Waals surface area contributed by atoms with E-state index in [2.05, 4.69) is 0 Å². The largest absolute Gasteiger partial charge is 0.496 e. The predicted octanol–water partition coefficient (Wildman–Crippen LogP) is 4.60. The molecule has 1 aromatic carbocycles. The molecular formula is C10H5Cl3O2S. The summed E-state index contributed by atoms with van der Waals surface area (Å²) in [4.78, 5) is 11.4. The van der Waals surface area contributed by atoms with Crippen molar-refractivity contribution < 1.29 is 9.53 Å². The predicted molar refractivity (Wildman–Crippen MR) is 68.6 cm³/mol. The number of ether oxygens (including phenoxy) is 1. The van der Waals surface area contributed by atoms with E-state index in [1.165, 1.54) is 7.11 Å². The van der Waals surface area contributed by atoms with Gasteiger partial charge in [0.15, 0.2) is 0 Å². The number of hydrogen-bond donors (Lipinski definition) is 0. The molecule has 0 fully saturated rings. The topological polar surface area (TPSA) is 26.3 Å². The fraction of sp³-hybridized carbons (Fsp3) is 0.100. The van der Waals surface area contributed by atoms with Gasteiger partial charge in [0.25, 0.3) is 5.24 Å². The van der Waals surface area contributed by atoms with Crippen molar-refractivity contribution in [2.24, 2.45) is 0 Å². The lowest BCUT2D eigenvalue weighted by atomic mass is 10.2. The fourth-order valence-electron chi connectivity index (χ4n) is 1.40. The molecule has 0 aliphatic rings. The van der Waals surface area contributed by atoms with Crippen molar-refractivity contribution in [2.45, 2.75) is 0 Å². The zero-order valence-corrected chi connectivity index (χ0v) is 11.1. The fourth-order valence-corrected chi connectivity index (χ4v) is 3.33. The Morgan fingerprint density at radius 1 is 1.38 bits per heavy atom. The number of fused-ring (bicyclic) bond motifs is 1. The SMILES string of the molecule is COc1ccc(Cl)c2sc(C(=O)Cl)c(Cl)c12. The molecule has 6 heteroatoms. The number of halogens is 3. The average molecular weight is 296 g/mol. The van der Waals surface area contributed by atoms with Gasteiger partial charge in [-0.15, -0.1) is 11.3 Å². The Morgan fingerprint density at radius 3 is 2.62 bits per heavy atom. The number of methoxy groups -OCH3 is 1. The number of carbonyl (C=O) groups is 1. The molecule has 0 aliphatic heterocycles. The molecule has 84 valence electrons. The number of rotatable bonds is 2. The summed E-state index contributed by atoms with van der Waals surface area (Å²) in [6, 6.07) is 3.39. The van der Waals surface area contributed by atoms with Gasteiger partial charge in [-0.1, -0.05) is 23.2 Å². The molecule has 0 saturated heterocycles. The highest BCUT2D eigenvalue weighted by molar-refractivity contribution is 7.23. The highest BCUT2D eigenvalue weighted by Crippen LogP contribution is 2.44. The van der Waals surface area contributed by atoms with Crippen LogP contribution in [0.15, 0.2) is 12.1 Å². The first-order valence-electron chi connectivity index (χ1n) is 4.20. The molecule has 0 N–H and O–H groups in total. The third kappa shape index (κ3) is 1.78. The molecule has 0 radical (unpaired) electrons. The van der Waals surface area contributed by atoms with Gasteiger partial charge >= 0.3 is 0 Å². The maximum absolute atomic E-state index is 11.2. The highest BCUT2D eigenvalue weighted by Gasteiger charge is 2.20. The summed E-state index contributed by atoms with van der Waals surface area (Å²) in [5.74, 6) is 0.574. The molecule has 0 bridgehead atoms. The van der Waals surface area contributed by atoms with E-state index in [-0.39, 0.29) is 4.88 Å². The van der Waals surface area contributed by atoms with Gasteiger partial charge in [0.1, 0.15) is 10.6 Å². The second-order valence-electron chi connectivity index (χ2n) is 2.97. The lowest BCUT2D eigenvalue weighted by Gasteiger charge is -2.02. The Balaban J connectivity index is 2.89. The van der Waals surface area contributed by atoms with Crippen molar-refractivity contribution in [3.8, 4) is 5.75 Å². The molecule has 0 amide bonds. The number of hydrogen-bond acceptors (Lipinski definition) is 3. The van der Waals surface area contributed by atoms with Gasteiger partial charge in [0, 0.05) is 0 Å². The van der Waals surface area contributed by atoms with Crippen molar-refractivity contribution >= 4 is 61.5 Å². The lowest BCUT2D eigenvalue weighted by Crippen LogP contribution is -1.85. The van der Waals surface area contributed by atoms with Crippen LogP contribution in [0.2, 0.25) is 10.0 Å². The Morgan fingerprint density at radius 2 is 2.06 bits per heavy atom. The van der Waals surface area contributed by atoms with Crippen LogP contribution in [0.1, 0.15) is 9.67 Å². The highest BCUT2D eigenvalue weighted by atomic mass is 35.5. The third-order valence-electron chi connectivity index (χ3n) is 2.09. The Labute approximate surface area is 111 Å². The van der Waals surface area contributed by atoms with Crippen LogP contribution in [0.25, 0.3) is 10.1 Å². The van der Waals surface area contributed by atoms with E-state index in [9.17, 15) is 4.79 Å². The van der Waals surface area contributed by atoms with Crippen molar-refractivity contribution in [2.75, 3.05) is 7.11 Å². The van der Waals surface area contributed by atoms with Gasteiger partial charge < -0.3 is 4.74 Å². The van der Waals surface area contributed by atoms with E-state index >= 15 is 0 Å². The first kappa shape index (κ1) is 12.0. The molecule has 2 nitrogen and oxygen atoms in total. The minimum Gasteiger partial charge on any atom is -0.496 e. The van der Waals surface area contributed by atoms with Crippen LogP contribution < -0.4 is 4.74 Å². The summed E-state index contributed by atoms with van der Waals surface area (Å²) in [5.41, 5.74) is 0. The van der Waals surface area contributed by atoms with Crippen LogP contribution in [0.4, 0.5) is 0 Å². The molecule has 2 rings (SSSR count). The van der Waals surface area contributed by atoms with E-state index in [0.717, 1.165) is 11.3 Å². The monoisotopic (exact) mass is 294 g/mol. The molecule has 0 aliphatic carbocycles. The first-order valence-corrected chi connectivity index (χ1v) is 6.15. The lowest BCUT2D eigenvalue weighted by molar-refractivity contribution is 0.108.